The highest BCUT2D eigenvalue weighted by molar-refractivity contribution is 9.10. The van der Waals surface area contributed by atoms with Crippen LogP contribution in [0, 0.1) is 0 Å². The van der Waals surface area contributed by atoms with Crippen molar-refractivity contribution in [2.75, 3.05) is 19.3 Å². The van der Waals surface area contributed by atoms with Crippen molar-refractivity contribution in [2.45, 2.75) is 18.9 Å². The van der Waals surface area contributed by atoms with Gasteiger partial charge >= 0.3 is 0 Å². The number of amides is 1. The molecule has 1 aliphatic heterocycles. The van der Waals surface area contributed by atoms with E-state index in [4.69, 9.17) is 11.6 Å². The van der Waals surface area contributed by atoms with Crippen molar-refractivity contribution in [2.24, 2.45) is 0 Å². The summed E-state index contributed by atoms with van der Waals surface area (Å²) in [6, 6.07) is 5.00. The zero-order valence-corrected chi connectivity index (χ0v) is 14.6. The number of carbonyl (C=O) groups excluding carboxylic acids is 1. The Morgan fingerprint density at radius 3 is 2.48 bits per heavy atom. The second-order valence-corrected chi connectivity index (χ2v) is 8.40. The molecule has 0 atom stereocenters. The van der Waals surface area contributed by atoms with Crippen molar-refractivity contribution in [3.05, 3.63) is 33.3 Å². The molecule has 1 aromatic rings. The zero-order valence-electron chi connectivity index (χ0n) is 11.5. The fourth-order valence-corrected chi connectivity index (χ4v) is 4.02. The Morgan fingerprint density at radius 2 is 1.95 bits per heavy atom. The molecule has 1 N–H and O–H groups in total. The summed E-state index contributed by atoms with van der Waals surface area (Å²) in [5, 5.41) is 3.41. The molecule has 0 aliphatic carbocycles. The van der Waals surface area contributed by atoms with Crippen molar-refractivity contribution in [3.63, 3.8) is 0 Å². The van der Waals surface area contributed by atoms with Gasteiger partial charge in [-0.3, -0.25) is 4.79 Å². The van der Waals surface area contributed by atoms with Gasteiger partial charge < -0.3 is 5.32 Å². The Bertz CT molecular complexity index is 623. The van der Waals surface area contributed by atoms with Gasteiger partial charge in [-0.15, -0.1) is 0 Å². The van der Waals surface area contributed by atoms with Crippen LogP contribution in [-0.4, -0.2) is 44.0 Å². The molecule has 2 rings (SSSR count). The predicted molar refractivity (Wildman–Crippen MR) is 86.1 cm³/mol. The lowest BCUT2D eigenvalue weighted by atomic mass is 10.1. The van der Waals surface area contributed by atoms with Gasteiger partial charge in [0.25, 0.3) is 5.91 Å². The SMILES string of the molecule is CS(=O)(=O)N1CCC(NC(=O)c2cc(Cl)cc(Br)c2)CC1. The normalized spacial score (nSPS) is 17.7. The lowest BCUT2D eigenvalue weighted by Gasteiger charge is -2.30. The number of hydrogen-bond donors (Lipinski definition) is 1. The van der Waals surface area contributed by atoms with E-state index in [0.717, 1.165) is 4.47 Å². The van der Waals surface area contributed by atoms with Gasteiger partial charge in [0, 0.05) is 34.2 Å². The molecule has 0 saturated carbocycles. The molecule has 0 aromatic heterocycles. The topological polar surface area (TPSA) is 66.5 Å². The standard InChI is InChI=1S/C13H16BrClN2O3S/c1-21(19,20)17-4-2-12(3-5-17)16-13(18)9-6-10(14)8-11(15)7-9/h6-8,12H,2-5H2,1H3,(H,16,18). The Morgan fingerprint density at radius 1 is 1.33 bits per heavy atom. The van der Waals surface area contributed by atoms with Crippen LogP contribution >= 0.6 is 27.5 Å². The van der Waals surface area contributed by atoms with Crippen LogP contribution in [0.5, 0.6) is 0 Å². The molecule has 1 aliphatic rings. The number of carbonyl (C=O) groups is 1. The van der Waals surface area contributed by atoms with Crippen LogP contribution in [0.4, 0.5) is 0 Å². The van der Waals surface area contributed by atoms with Gasteiger partial charge in [0.05, 0.1) is 6.26 Å². The Labute approximate surface area is 137 Å². The van der Waals surface area contributed by atoms with Crippen LogP contribution in [0.25, 0.3) is 0 Å². The summed E-state index contributed by atoms with van der Waals surface area (Å²) in [5.41, 5.74) is 0.486. The fourth-order valence-electron chi connectivity index (χ4n) is 2.29. The van der Waals surface area contributed by atoms with E-state index in [2.05, 4.69) is 21.2 Å². The van der Waals surface area contributed by atoms with Gasteiger partial charge in [-0.25, -0.2) is 12.7 Å². The van der Waals surface area contributed by atoms with Crippen LogP contribution in [0.2, 0.25) is 5.02 Å². The van der Waals surface area contributed by atoms with Gasteiger partial charge in [0.15, 0.2) is 0 Å². The van der Waals surface area contributed by atoms with E-state index in [0.29, 0.717) is 36.5 Å². The first-order chi connectivity index (χ1) is 9.75. The maximum Gasteiger partial charge on any atom is 0.251 e. The fraction of sp³-hybridized carbons (Fsp3) is 0.462. The molecule has 1 heterocycles. The number of halogens is 2. The molecule has 8 heteroatoms. The smallest absolute Gasteiger partial charge is 0.251 e. The number of hydrogen-bond acceptors (Lipinski definition) is 3. The molecular formula is C13H16BrClN2O3S. The second-order valence-electron chi connectivity index (χ2n) is 5.07. The van der Waals surface area contributed by atoms with Crippen molar-refractivity contribution in [1.29, 1.82) is 0 Å². The summed E-state index contributed by atoms with van der Waals surface area (Å²) < 4.78 is 25.0. The van der Waals surface area contributed by atoms with E-state index >= 15 is 0 Å². The first kappa shape index (κ1) is 16.7. The molecule has 0 unspecified atom stereocenters. The average Bonchev–Trinajstić information content (AvgIpc) is 2.37. The van der Waals surface area contributed by atoms with Crippen molar-refractivity contribution in [3.8, 4) is 0 Å². The molecule has 1 saturated heterocycles. The minimum absolute atomic E-state index is 0.0201. The molecule has 5 nitrogen and oxygen atoms in total. The van der Waals surface area contributed by atoms with Crippen LogP contribution in [0.1, 0.15) is 23.2 Å². The first-order valence-corrected chi connectivity index (χ1v) is 9.50. The monoisotopic (exact) mass is 394 g/mol. The van der Waals surface area contributed by atoms with E-state index in [1.165, 1.54) is 10.6 Å². The van der Waals surface area contributed by atoms with Crippen molar-refractivity contribution >= 4 is 43.5 Å². The van der Waals surface area contributed by atoms with Gasteiger partial charge in [0.1, 0.15) is 0 Å². The molecule has 116 valence electrons. The summed E-state index contributed by atoms with van der Waals surface area (Å²) in [6.07, 6.45) is 2.43. The lowest BCUT2D eigenvalue weighted by molar-refractivity contribution is 0.0924. The molecular weight excluding hydrogens is 380 g/mol. The summed E-state index contributed by atoms with van der Waals surface area (Å²) in [7, 11) is -3.14. The van der Waals surface area contributed by atoms with E-state index in [-0.39, 0.29) is 11.9 Å². The zero-order chi connectivity index (χ0) is 15.6. The molecule has 1 aromatic carbocycles. The third-order valence-corrected chi connectivity index (χ3v) is 5.36. The summed E-state index contributed by atoms with van der Waals surface area (Å²) in [4.78, 5) is 12.2. The number of sulfonamides is 1. The largest absolute Gasteiger partial charge is 0.349 e. The summed E-state index contributed by atoms with van der Waals surface area (Å²) in [6.45, 7) is 0.867. The van der Waals surface area contributed by atoms with E-state index in [1.807, 2.05) is 0 Å². The average molecular weight is 396 g/mol. The Hall–Kier alpha value is -0.630. The minimum Gasteiger partial charge on any atom is -0.349 e. The van der Waals surface area contributed by atoms with Crippen LogP contribution in [0.15, 0.2) is 22.7 Å². The third kappa shape index (κ3) is 4.67. The number of nitrogens with zero attached hydrogens (tertiary/aromatic N) is 1. The number of piperidine rings is 1. The number of nitrogens with one attached hydrogen (secondary N) is 1. The third-order valence-electron chi connectivity index (χ3n) is 3.38. The summed E-state index contributed by atoms with van der Waals surface area (Å²) in [5.74, 6) is -0.198. The maximum absolute atomic E-state index is 12.2. The van der Waals surface area contributed by atoms with Gasteiger partial charge in [-0.2, -0.15) is 0 Å². The lowest BCUT2D eigenvalue weighted by Crippen LogP contribution is -2.46. The highest BCUT2D eigenvalue weighted by Crippen LogP contribution is 2.20. The first-order valence-electron chi connectivity index (χ1n) is 6.48. The molecule has 1 amide bonds. The highest BCUT2D eigenvalue weighted by atomic mass is 79.9. The van der Waals surface area contributed by atoms with Gasteiger partial charge in [0.2, 0.25) is 10.0 Å². The van der Waals surface area contributed by atoms with Gasteiger partial charge in [-0.1, -0.05) is 27.5 Å². The molecule has 0 bridgehead atoms. The van der Waals surface area contributed by atoms with Crippen molar-refractivity contribution < 1.29 is 13.2 Å². The number of benzene rings is 1. The van der Waals surface area contributed by atoms with E-state index < -0.39 is 10.0 Å². The van der Waals surface area contributed by atoms with Crippen LogP contribution in [-0.2, 0) is 10.0 Å². The van der Waals surface area contributed by atoms with Crippen molar-refractivity contribution in [1.82, 2.24) is 9.62 Å². The highest BCUT2D eigenvalue weighted by Gasteiger charge is 2.26. The molecule has 1 fully saturated rings. The quantitative estimate of drug-likeness (QED) is 0.853. The predicted octanol–water partition coefficient (Wildman–Crippen LogP) is 2.26. The molecule has 0 spiro atoms. The minimum atomic E-state index is -3.14. The second kappa shape index (κ2) is 6.64. The number of rotatable bonds is 3. The maximum atomic E-state index is 12.2. The molecule has 0 radical (unpaired) electrons. The Kier molecular flexibility index (Phi) is 5.29. The van der Waals surface area contributed by atoms with E-state index in [9.17, 15) is 13.2 Å². The summed E-state index contributed by atoms with van der Waals surface area (Å²) >= 11 is 9.22. The van der Waals surface area contributed by atoms with Crippen LogP contribution < -0.4 is 5.32 Å². The van der Waals surface area contributed by atoms with Gasteiger partial charge in [-0.05, 0) is 31.0 Å². The molecule has 21 heavy (non-hydrogen) atoms. The van der Waals surface area contributed by atoms with Crippen LogP contribution in [0.3, 0.4) is 0 Å². The Balaban J connectivity index is 1.96. The van der Waals surface area contributed by atoms with E-state index in [1.54, 1.807) is 18.2 Å².